The molecule has 0 aliphatic heterocycles. The Hall–Kier alpha value is -3.87. The number of H-pyrrole nitrogens is 1. The van der Waals surface area contributed by atoms with Gasteiger partial charge in [0.15, 0.2) is 0 Å². The molecule has 0 spiro atoms. The summed E-state index contributed by atoms with van der Waals surface area (Å²) in [6.45, 7) is 4.90. The fourth-order valence-corrected chi connectivity index (χ4v) is 4.40. The molecule has 3 aromatic carbocycles. The molecule has 0 aliphatic carbocycles. The number of aliphatic hydroxyl groups is 1. The van der Waals surface area contributed by atoms with Crippen molar-refractivity contribution in [1.29, 1.82) is 0 Å². The fourth-order valence-electron chi connectivity index (χ4n) is 4.40. The minimum Gasteiger partial charge on any atom is -0.490 e. The Morgan fingerprint density at radius 3 is 2.46 bits per heavy atom. The molecule has 0 aliphatic rings. The van der Waals surface area contributed by atoms with Gasteiger partial charge in [-0.1, -0.05) is 49.9 Å². The second-order valence-corrected chi connectivity index (χ2v) is 9.67. The second-order valence-electron chi connectivity index (χ2n) is 9.67. The van der Waals surface area contributed by atoms with Gasteiger partial charge in [-0.3, -0.25) is 0 Å². The van der Waals surface area contributed by atoms with Gasteiger partial charge in [0.1, 0.15) is 24.2 Å². The first-order valence-electron chi connectivity index (χ1n) is 12.2. The minimum atomic E-state index is -0.640. The lowest BCUT2D eigenvalue weighted by Crippen LogP contribution is -2.46. The highest BCUT2D eigenvalue weighted by Crippen LogP contribution is 2.33. The lowest BCUT2D eigenvalue weighted by Gasteiger charge is -2.28. The summed E-state index contributed by atoms with van der Waals surface area (Å²) < 4.78 is 11.8. The predicted molar refractivity (Wildman–Crippen MR) is 151 cm³/mol. The maximum Gasteiger partial charge on any atom is 0.219 e. The van der Waals surface area contributed by atoms with E-state index in [1.54, 1.807) is 6.20 Å². The third-order valence-electron chi connectivity index (χ3n) is 6.17. The minimum absolute atomic E-state index is 0. The summed E-state index contributed by atoms with van der Waals surface area (Å²) in [5.41, 5.74) is 3.07. The summed E-state index contributed by atoms with van der Waals surface area (Å²) in [7, 11) is 0. The van der Waals surface area contributed by atoms with Crippen molar-refractivity contribution in [2.24, 2.45) is 0 Å². The first kappa shape index (κ1) is 26.2. The van der Waals surface area contributed by atoms with Gasteiger partial charge < -0.3 is 24.9 Å². The summed E-state index contributed by atoms with van der Waals surface area (Å²) in [5, 5.41) is 16.3. The number of pyridine rings is 1. The molecule has 5 rings (SSSR count). The number of hydrogen-bond donors (Lipinski definition) is 3. The van der Waals surface area contributed by atoms with E-state index in [0.717, 1.165) is 39.7 Å². The Morgan fingerprint density at radius 1 is 0.919 bits per heavy atom. The maximum absolute atomic E-state index is 10.6. The Balaban J connectivity index is 0.00000320. The Kier molecular flexibility index (Phi) is 8.11. The van der Waals surface area contributed by atoms with E-state index in [-0.39, 0.29) is 19.6 Å². The van der Waals surface area contributed by atoms with Crippen molar-refractivity contribution in [2.75, 3.05) is 13.2 Å². The number of nitrogens with one attached hydrogen (secondary N) is 2. The number of nitrogens with zero attached hydrogens (tertiary/aromatic N) is 1. The van der Waals surface area contributed by atoms with Gasteiger partial charge in [-0.2, -0.15) is 0 Å². The highest BCUT2D eigenvalue weighted by molar-refractivity contribution is 6.10. The van der Waals surface area contributed by atoms with Crippen molar-refractivity contribution in [2.45, 2.75) is 39.3 Å². The molecule has 2 aromatic heterocycles. The maximum atomic E-state index is 10.6. The van der Waals surface area contributed by atoms with Crippen molar-refractivity contribution in [3.05, 3.63) is 96.7 Å². The molecule has 0 unspecified atom stereocenters. The quantitative estimate of drug-likeness (QED) is 0.205. The standard InChI is InChI=1S/C30H31N3O3.CH4/c1-30(2,18-21-13-15-23(16-14-21)36-28-12-5-6-17-31-28)32-19-22(34)20-35-27-11-7-10-26-29(27)24-8-3-4-9-25(24)33-26;/h3-17,22,32-34H,18-20H2,1-2H3;1H4/t22-;/m0./s1. The molecule has 0 fully saturated rings. The zero-order chi connectivity index (χ0) is 25.0. The van der Waals surface area contributed by atoms with Crippen LogP contribution < -0.4 is 14.8 Å². The largest absolute Gasteiger partial charge is 0.490 e. The van der Waals surface area contributed by atoms with E-state index >= 15 is 0 Å². The van der Waals surface area contributed by atoms with E-state index in [4.69, 9.17) is 9.47 Å². The highest BCUT2D eigenvalue weighted by Gasteiger charge is 2.20. The highest BCUT2D eigenvalue weighted by atomic mass is 16.5. The number of aliphatic hydroxyl groups excluding tert-OH is 1. The number of benzene rings is 3. The first-order valence-corrected chi connectivity index (χ1v) is 12.2. The van der Waals surface area contributed by atoms with E-state index < -0.39 is 6.10 Å². The molecular weight excluding hydrogens is 462 g/mol. The summed E-state index contributed by atoms with van der Waals surface area (Å²) >= 11 is 0. The summed E-state index contributed by atoms with van der Waals surface area (Å²) in [6.07, 6.45) is 1.87. The number of fused-ring (bicyclic) bond motifs is 3. The summed E-state index contributed by atoms with van der Waals surface area (Å²) in [4.78, 5) is 7.61. The number of aromatic amines is 1. The van der Waals surface area contributed by atoms with Crippen molar-refractivity contribution < 1.29 is 14.6 Å². The number of β-amino-alcohol motifs (C(OH)–C–C–N with tert-alkyl or cyclic N) is 1. The van der Waals surface area contributed by atoms with Crippen LogP contribution in [0.4, 0.5) is 0 Å². The molecule has 0 bridgehead atoms. The monoisotopic (exact) mass is 497 g/mol. The lowest BCUT2D eigenvalue weighted by molar-refractivity contribution is 0.0996. The normalized spacial score (nSPS) is 12.3. The van der Waals surface area contributed by atoms with Crippen LogP contribution in [0.2, 0.25) is 0 Å². The zero-order valence-electron chi connectivity index (χ0n) is 20.6. The van der Waals surface area contributed by atoms with Crippen LogP contribution in [-0.2, 0) is 6.42 Å². The van der Waals surface area contributed by atoms with Crippen LogP contribution in [0.25, 0.3) is 21.8 Å². The van der Waals surface area contributed by atoms with Crippen LogP contribution >= 0.6 is 0 Å². The van der Waals surface area contributed by atoms with E-state index in [1.165, 1.54) is 5.56 Å². The number of ether oxygens (including phenoxy) is 2. The average molecular weight is 498 g/mol. The van der Waals surface area contributed by atoms with Gasteiger partial charge in [0.2, 0.25) is 5.88 Å². The van der Waals surface area contributed by atoms with Crippen LogP contribution in [0.5, 0.6) is 17.4 Å². The predicted octanol–water partition coefficient (Wildman–Crippen LogP) is 6.50. The van der Waals surface area contributed by atoms with Gasteiger partial charge in [0, 0.05) is 40.6 Å². The number of rotatable bonds is 10. The molecule has 3 N–H and O–H groups in total. The molecule has 1 atom stereocenters. The molecule has 37 heavy (non-hydrogen) atoms. The van der Waals surface area contributed by atoms with Gasteiger partial charge in [-0.05, 0) is 62.2 Å². The average Bonchev–Trinajstić information content (AvgIpc) is 3.27. The number of aromatic nitrogens is 2. The topological polar surface area (TPSA) is 79.4 Å². The smallest absolute Gasteiger partial charge is 0.219 e. The lowest BCUT2D eigenvalue weighted by atomic mass is 9.94. The van der Waals surface area contributed by atoms with Crippen molar-refractivity contribution in [3.63, 3.8) is 0 Å². The molecule has 0 saturated heterocycles. The second kappa shape index (κ2) is 11.5. The first-order chi connectivity index (χ1) is 17.5. The molecular formula is C31H35N3O3. The van der Waals surface area contributed by atoms with Gasteiger partial charge in [-0.25, -0.2) is 4.98 Å². The zero-order valence-corrected chi connectivity index (χ0v) is 20.6. The van der Waals surface area contributed by atoms with Gasteiger partial charge in [-0.15, -0.1) is 0 Å². The van der Waals surface area contributed by atoms with Crippen molar-refractivity contribution in [3.8, 4) is 17.4 Å². The molecule has 0 radical (unpaired) electrons. The third kappa shape index (κ3) is 6.47. The third-order valence-corrected chi connectivity index (χ3v) is 6.17. The van der Waals surface area contributed by atoms with Crippen LogP contribution in [0.1, 0.15) is 26.8 Å². The SMILES string of the molecule is C.CC(C)(Cc1ccc(Oc2ccccn2)cc1)NC[C@H](O)COc1cccc2[nH]c3ccccc3c12. The Bertz CT molecular complexity index is 1430. The molecule has 6 nitrogen and oxygen atoms in total. The van der Waals surface area contributed by atoms with Crippen LogP contribution in [0.3, 0.4) is 0 Å². The van der Waals surface area contributed by atoms with Crippen LogP contribution in [0.15, 0.2) is 91.1 Å². The summed E-state index contributed by atoms with van der Waals surface area (Å²) in [6, 6.07) is 27.7. The van der Waals surface area contributed by atoms with E-state index in [0.29, 0.717) is 12.4 Å². The van der Waals surface area contributed by atoms with Crippen molar-refractivity contribution >= 4 is 21.8 Å². The Labute approximate surface area is 218 Å². The van der Waals surface area contributed by atoms with E-state index in [1.807, 2.05) is 60.7 Å². The fraction of sp³-hybridized carbons (Fsp3) is 0.258. The van der Waals surface area contributed by atoms with Crippen molar-refractivity contribution in [1.82, 2.24) is 15.3 Å². The molecule has 0 amide bonds. The molecule has 192 valence electrons. The number of hydrogen-bond acceptors (Lipinski definition) is 5. The van der Waals surface area contributed by atoms with Crippen LogP contribution in [-0.4, -0.2) is 39.9 Å². The van der Waals surface area contributed by atoms with E-state index in [2.05, 4.69) is 53.4 Å². The van der Waals surface area contributed by atoms with Gasteiger partial charge >= 0.3 is 0 Å². The molecule has 0 saturated carbocycles. The molecule has 5 aromatic rings. The molecule has 2 heterocycles. The van der Waals surface area contributed by atoms with Crippen LogP contribution in [0, 0.1) is 0 Å². The Morgan fingerprint density at radius 2 is 1.68 bits per heavy atom. The molecule has 6 heteroatoms. The summed E-state index contributed by atoms with van der Waals surface area (Å²) in [5.74, 6) is 2.10. The number of para-hydroxylation sites is 1. The van der Waals surface area contributed by atoms with Gasteiger partial charge in [0.25, 0.3) is 0 Å². The van der Waals surface area contributed by atoms with Gasteiger partial charge in [0.05, 0.1) is 5.52 Å². The van der Waals surface area contributed by atoms with E-state index in [9.17, 15) is 5.11 Å².